The second-order valence-electron chi connectivity index (χ2n) is 5.00. The van der Waals surface area contributed by atoms with Gasteiger partial charge in [0.2, 0.25) is 5.91 Å². The molecule has 1 aromatic rings. The van der Waals surface area contributed by atoms with Crippen molar-refractivity contribution in [2.24, 2.45) is 5.92 Å². The third-order valence-corrected chi connectivity index (χ3v) is 3.88. The fourth-order valence-electron chi connectivity index (χ4n) is 2.89. The van der Waals surface area contributed by atoms with Crippen LogP contribution in [-0.2, 0) is 10.2 Å². The number of allylic oxidation sites excluding steroid dienone is 1. The van der Waals surface area contributed by atoms with Gasteiger partial charge in [-0.25, -0.2) is 0 Å². The maximum absolute atomic E-state index is 12.6. The van der Waals surface area contributed by atoms with E-state index in [2.05, 4.69) is 26.5 Å². The van der Waals surface area contributed by atoms with Gasteiger partial charge in [0.15, 0.2) is 0 Å². The first-order chi connectivity index (χ1) is 8.05. The fraction of sp³-hybridized carbons (Fsp3) is 0.400. The van der Waals surface area contributed by atoms with E-state index >= 15 is 0 Å². The van der Waals surface area contributed by atoms with Gasteiger partial charge in [-0.2, -0.15) is 0 Å². The second-order valence-corrected chi connectivity index (χ2v) is 5.00. The minimum absolute atomic E-state index is 0.189. The van der Waals surface area contributed by atoms with Gasteiger partial charge >= 0.3 is 0 Å². The van der Waals surface area contributed by atoms with Crippen molar-refractivity contribution in [3.8, 4) is 0 Å². The van der Waals surface area contributed by atoms with Crippen molar-refractivity contribution in [2.75, 3.05) is 11.9 Å². The quantitative estimate of drug-likeness (QED) is 0.729. The van der Waals surface area contributed by atoms with Crippen molar-refractivity contribution in [2.45, 2.75) is 25.7 Å². The Morgan fingerprint density at radius 3 is 2.65 bits per heavy atom. The molecule has 1 atom stereocenters. The molecule has 0 bridgehead atoms. The Hall–Kier alpha value is -1.57. The third-order valence-electron chi connectivity index (χ3n) is 3.88. The van der Waals surface area contributed by atoms with Gasteiger partial charge in [0, 0.05) is 12.7 Å². The molecule has 1 aliphatic heterocycles. The molecule has 2 nitrogen and oxygen atoms in total. The van der Waals surface area contributed by atoms with Crippen LogP contribution in [0.2, 0.25) is 0 Å². The first-order valence-corrected chi connectivity index (χ1v) is 6.04. The van der Waals surface area contributed by atoms with E-state index in [1.54, 1.807) is 4.90 Å². The fourth-order valence-corrected chi connectivity index (χ4v) is 2.89. The van der Waals surface area contributed by atoms with Crippen LogP contribution < -0.4 is 4.90 Å². The lowest BCUT2D eigenvalue weighted by atomic mass is 9.70. The number of hydrogen-bond donors (Lipinski definition) is 0. The van der Waals surface area contributed by atoms with Crippen LogP contribution in [-0.4, -0.2) is 13.0 Å². The summed E-state index contributed by atoms with van der Waals surface area (Å²) in [5, 5.41) is 0. The number of likely N-dealkylation sites (N-methyl/N-ethyl adjacent to an activating group) is 1. The molecule has 1 amide bonds. The number of carbonyl (C=O) groups is 1. The molecule has 2 rings (SSSR count). The van der Waals surface area contributed by atoms with Gasteiger partial charge in [-0.05, 0) is 24.0 Å². The van der Waals surface area contributed by atoms with Crippen LogP contribution in [0.15, 0.2) is 36.9 Å². The molecule has 0 N–H and O–H groups in total. The van der Waals surface area contributed by atoms with Crippen molar-refractivity contribution in [1.82, 2.24) is 0 Å². The maximum atomic E-state index is 12.6. The lowest BCUT2D eigenvalue weighted by Gasteiger charge is -2.31. The highest BCUT2D eigenvalue weighted by molar-refractivity contribution is 6.08. The standard InChI is InChI=1S/C15H19NO/c1-5-10-15(11(2)3)12-8-6-7-9-13(12)16(4)14(15)17/h5-9,11H,1,10H2,2-4H3/t15-/m1/s1. The Kier molecular flexibility index (Phi) is 2.82. The van der Waals surface area contributed by atoms with Crippen LogP contribution in [0.4, 0.5) is 5.69 Å². The summed E-state index contributed by atoms with van der Waals surface area (Å²) >= 11 is 0. The maximum Gasteiger partial charge on any atom is 0.238 e. The molecule has 1 heterocycles. The number of para-hydroxylation sites is 1. The predicted octanol–water partition coefficient (Wildman–Crippen LogP) is 3.13. The molecular weight excluding hydrogens is 210 g/mol. The minimum Gasteiger partial charge on any atom is -0.314 e. The number of amides is 1. The van der Waals surface area contributed by atoms with Gasteiger partial charge in [0.25, 0.3) is 0 Å². The molecule has 0 fully saturated rings. The van der Waals surface area contributed by atoms with Gasteiger partial charge in [-0.1, -0.05) is 38.1 Å². The summed E-state index contributed by atoms with van der Waals surface area (Å²) in [6, 6.07) is 8.07. The summed E-state index contributed by atoms with van der Waals surface area (Å²) in [7, 11) is 1.86. The number of carbonyl (C=O) groups excluding carboxylic acids is 1. The molecule has 0 aromatic heterocycles. The van der Waals surface area contributed by atoms with E-state index in [4.69, 9.17) is 0 Å². The molecule has 0 saturated heterocycles. The van der Waals surface area contributed by atoms with Crippen LogP contribution in [0.5, 0.6) is 0 Å². The topological polar surface area (TPSA) is 20.3 Å². The molecule has 0 aliphatic carbocycles. The number of fused-ring (bicyclic) bond motifs is 1. The van der Waals surface area contributed by atoms with Crippen LogP contribution >= 0.6 is 0 Å². The first-order valence-electron chi connectivity index (χ1n) is 6.04. The summed E-state index contributed by atoms with van der Waals surface area (Å²) in [6.45, 7) is 8.03. The van der Waals surface area contributed by atoms with E-state index in [0.29, 0.717) is 6.42 Å². The van der Waals surface area contributed by atoms with Crippen molar-refractivity contribution in [3.05, 3.63) is 42.5 Å². The average Bonchev–Trinajstić information content (AvgIpc) is 2.53. The van der Waals surface area contributed by atoms with E-state index in [9.17, 15) is 4.79 Å². The lowest BCUT2D eigenvalue weighted by molar-refractivity contribution is -0.124. The molecule has 0 spiro atoms. The lowest BCUT2D eigenvalue weighted by Crippen LogP contribution is -2.42. The zero-order chi connectivity index (χ0) is 12.6. The third kappa shape index (κ3) is 1.43. The Balaban J connectivity index is 2.68. The highest BCUT2D eigenvalue weighted by atomic mass is 16.2. The SMILES string of the molecule is C=CC[C@]1(C(C)C)C(=O)N(C)c2ccccc21. The molecule has 0 radical (unpaired) electrons. The van der Waals surface area contributed by atoms with Crippen LogP contribution in [0.1, 0.15) is 25.8 Å². The number of anilines is 1. The highest BCUT2D eigenvalue weighted by Crippen LogP contribution is 2.47. The molecule has 2 heteroatoms. The Labute approximate surface area is 103 Å². The van der Waals surface area contributed by atoms with Gasteiger partial charge < -0.3 is 4.90 Å². The number of hydrogen-bond acceptors (Lipinski definition) is 1. The summed E-state index contributed by atoms with van der Waals surface area (Å²) < 4.78 is 0. The molecule has 1 aromatic carbocycles. The van der Waals surface area contributed by atoms with Gasteiger partial charge in [0.1, 0.15) is 0 Å². The second kappa shape index (κ2) is 4.02. The largest absolute Gasteiger partial charge is 0.314 e. The van der Waals surface area contributed by atoms with Crippen molar-refractivity contribution < 1.29 is 4.79 Å². The Bertz CT molecular complexity index is 464. The smallest absolute Gasteiger partial charge is 0.238 e. The molecule has 1 aliphatic rings. The zero-order valence-corrected chi connectivity index (χ0v) is 10.7. The van der Waals surface area contributed by atoms with E-state index < -0.39 is 5.41 Å². The number of nitrogens with zero attached hydrogens (tertiary/aromatic N) is 1. The normalized spacial score (nSPS) is 23.1. The van der Waals surface area contributed by atoms with Crippen LogP contribution in [0.25, 0.3) is 0 Å². The minimum atomic E-state index is -0.424. The van der Waals surface area contributed by atoms with Crippen molar-refractivity contribution in [1.29, 1.82) is 0 Å². The molecule has 0 unspecified atom stereocenters. The van der Waals surface area contributed by atoms with Gasteiger partial charge in [-0.3, -0.25) is 4.79 Å². The van der Waals surface area contributed by atoms with Crippen LogP contribution in [0, 0.1) is 5.92 Å². The average molecular weight is 229 g/mol. The van der Waals surface area contributed by atoms with Crippen molar-refractivity contribution in [3.63, 3.8) is 0 Å². The number of rotatable bonds is 3. The van der Waals surface area contributed by atoms with E-state index in [1.807, 2.05) is 31.3 Å². The number of benzene rings is 1. The van der Waals surface area contributed by atoms with Crippen molar-refractivity contribution >= 4 is 11.6 Å². The summed E-state index contributed by atoms with van der Waals surface area (Å²) in [6.07, 6.45) is 2.55. The summed E-state index contributed by atoms with van der Waals surface area (Å²) in [4.78, 5) is 14.4. The Morgan fingerprint density at radius 2 is 2.06 bits per heavy atom. The molecule has 17 heavy (non-hydrogen) atoms. The Morgan fingerprint density at radius 1 is 1.41 bits per heavy atom. The van der Waals surface area contributed by atoms with Gasteiger partial charge in [-0.15, -0.1) is 6.58 Å². The van der Waals surface area contributed by atoms with E-state index in [0.717, 1.165) is 11.3 Å². The summed E-state index contributed by atoms with van der Waals surface area (Å²) in [5.41, 5.74) is 1.75. The van der Waals surface area contributed by atoms with E-state index in [-0.39, 0.29) is 11.8 Å². The first kappa shape index (κ1) is 11.9. The van der Waals surface area contributed by atoms with E-state index in [1.165, 1.54) is 0 Å². The molecule has 90 valence electrons. The monoisotopic (exact) mass is 229 g/mol. The summed E-state index contributed by atoms with van der Waals surface area (Å²) in [5.74, 6) is 0.452. The van der Waals surface area contributed by atoms with Crippen LogP contribution in [0.3, 0.4) is 0 Å². The van der Waals surface area contributed by atoms with Gasteiger partial charge in [0.05, 0.1) is 5.41 Å². The highest BCUT2D eigenvalue weighted by Gasteiger charge is 2.50. The predicted molar refractivity (Wildman–Crippen MR) is 71.2 cm³/mol. The molecule has 0 saturated carbocycles. The zero-order valence-electron chi connectivity index (χ0n) is 10.7. The molecular formula is C15H19NO.